The Kier molecular flexibility index (Phi) is 20.3. The number of hydrogen-bond acceptors (Lipinski definition) is 5. The summed E-state index contributed by atoms with van der Waals surface area (Å²) >= 11 is 0. The Labute approximate surface area is 222 Å². The first-order valence-corrected chi connectivity index (χ1v) is 12.7. The number of hydrogen-bond donors (Lipinski definition) is 2. The number of ether oxygens (including phenoxy) is 2. The fourth-order valence-electron chi connectivity index (χ4n) is 3.30. The van der Waals surface area contributed by atoms with Gasteiger partial charge in [0.05, 0.1) is 25.3 Å². The Balaban J connectivity index is 0. The van der Waals surface area contributed by atoms with Crippen LogP contribution < -0.4 is 5.32 Å². The van der Waals surface area contributed by atoms with Gasteiger partial charge in [-0.25, -0.2) is 0 Å². The van der Waals surface area contributed by atoms with Crippen LogP contribution in [0.2, 0.25) is 0 Å². The molecule has 0 bridgehead atoms. The number of nitrogens with one attached hydrogen (secondary N) is 1. The summed E-state index contributed by atoms with van der Waals surface area (Å²) in [4.78, 5) is 24.7. The van der Waals surface area contributed by atoms with Gasteiger partial charge in [-0.05, 0) is 53.4 Å². The van der Waals surface area contributed by atoms with Gasteiger partial charge in [0, 0.05) is 26.1 Å². The summed E-state index contributed by atoms with van der Waals surface area (Å²) in [7, 11) is -3.67. The Morgan fingerprint density at radius 3 is 1.97 bits per heavy atom. The van der Waals surface area contributed by atoms with Crippen molar-refractivity contribution in [2.75, 3.05) is 26.4 Å². The number of carbonyl (C=O) groups is 2. The Bertz CT molecular complexity index is 704. The molecule has 216 valence electrons. The Hall–Kier alpha value is -1.85. The first-order valence-electron chi connectivity index (χ1n) is 12.7. The highest BCUT2D eigenvalue weighted by Gasteiger charge is 2.42. The van der Waals surface area contributed by atoms with Crippen molar-refractivity contribution in [3.63, 3.8) is 0 Å². The van der Waals surface area contributed by atoms with Crippen molar-refractivity contribution in [3.05, 3.63) is 23.3 Å². The normalized spacial score (nSPS) is 18.8. The van der Waals surface area contributed by atoms with Gasteiger partial charge in [-0.3, -0.25) is 22.5 Å². The van der Waals surface area contributed by atoms with Crippen LogP contribution in [0.4, 0.5) is 12.9 Å². The zero-order chi connectivity index (χ0) is 27.7. The quantitative estimate of drug-likeness (QED) is 0.328. The van der Waals surface area contributed by atoms with Gasteiger partial charge in [0.1, 0.15) is 5.72 Å². The van der Waals surface area contributed by atoms with Crippen molar-refractivity contribution in [3.8, 4) is 0 Å². The van der Waals surface area contributed by atoms with Gasteiger partial charge in [0.25, 0.3) is 0 Å². The number of halogens is 3. The minimum Gasteiger partial charge on any atom is -0.394 e. The fourth-order valence-corrected chi connectivity index (χ4v) is 3.30. The van der Waals surface area contributed by atoms with Gasteiger partial charge in [-0.1, -0.05) is 44.6 Å². The summed E-state index contributed by atoms with van der Waals surface area (Å²) in [6.45, 7) is 13.9. The zero-order valence-electron chi connectivity index (χ0n) is 22.6. The third-order valence-electron chi connectivity index (χ3n) is 5.31. The largest absolute Gasteiger partial charge is 0.762 e. The molecule has 1 aliphatic heterocycles. The van der Waals surface area contributed by atoms with Crippen LogP contribution in [0.3, 0.4) is 0 Å². The molecule has 3 aliphatic rings. The van der Waals surface area contributed by atoms with Crippen molar-refractivity contribution < 1.29 is 37.1 Å². The highest BCUT2D eigenvalue weighted by atomic mass is 19.4. The second-order valence-corrected chi connectivity index (χ2v) is 8.83. The lowest BCUT2D eigenvalue weighted by Gasteiger charge is -2.32. The molecule has 0 spiro atoms. The van der Waals surface area contributed by atoms with E-state index in [0.29, 0.717) is 19.4 Å². The second kappa shape index (κ2) is 20.2. The number of rotatable bonds is 8. The molecule has 2 aliphatic carbocycles. The average molecular weight is 536 g/mol. The molecule has 0 aromatic heterocycles. The molecule has 7 nitrogen and oxygen atoms in total. The van der Waals surface area contributed by atoms with E-state index in [-0.39, 0.29) is 37.9 Å². The standard InChI is InChI=1S/C12H19NO2.C9H15NO2.C4H10O.CH4.BF3/c1-4-11(14)13-10(7-9-5-6-9)8-15-12(13,2)3;1-2-9(12)10-8(6-11)5-7-3-4-7;1-3-5-4-2;;2-1(3)4/h7,10H,4-6,8H2,1-3H3;5,8,11H,2-4,6H2,1H3,(H,10,12);3-4H2,1-2H3;1H4;/t10-;8-;;;/m00.../s1. The minimum atomic E-state index is -3.67. The third-order valence-corrected chi connectivity index (χ3v) is 5.31. The molecule has 2 N–H and O–H groups in total. The van der Waals surface area contributed by atoms with Crippen molar-refractivity contribution in [2.45, 2.75) is 105 Å². The molecule has 2 atom stereocenters. The van der Waals surface area contributed by atoms with E-state index in [1.807, 2.05) is 45.6 Å². The highest BCUT2D eigenvalue weighted by molar-refractivity contribution is 6.33. The molecule has 3 fully saturated rings. The lowest BCUT2D eigenvalue weighted by Crippen LogP contribution is -2.47. The number of aliphatic hydroxyl groups excluding tert-OH is 1. The van der Waals surface area contributed by atoms with Crippen molar-refractivity contribution in [1.82, 2.24) is 10.2 Å². The number of allylic oxidation sites excluding steroid dienone is 2. The molecule has 11 heteroatoms. The summed E-state index contributed by atoms with van der Waals surface area (Å²) < 4.78 is 39.5. The maximum absolute atomic E-state index is 11.9. The van der Waals surface area contributed by atoms with Gasteiger partial charge in [-0.15, -0.1) is 0 Å². The lowest BCUT2D eigenvalue weighted by molar-refractivity contribution is -0.144. The SMILES string of the molecule is C.CCC(=O)N1[C@@H](C=C2CC2)COC1(C)C.CCC(=O)N[C@@H](C=C1CC1)CO.CCOCC.FB(F)F. The van der Waals surface area contributed by atoms with Gasteiger partial charge in [0.2, 0.25) is 11.8 Å². The Morgan fingerprint density at radius 2 is 1.62 bits per heavy atom. The Morgan fingerprint density at radius 1 is 1.11 bits per heavy atom. The first kappa shape index (κ1) is 37.3. The predicted octanol–water partition coefficient (Wildman–Crippen LogP) is 5.23. The average Bonchev–Trinajstić information content (AvgIpc) is 3.74. The summed E-state index contributed by atoms with van der Waals surface area (Å²) in [6.07, 6.45) is 9.83. The molecule has 3 rings (SSSR count). The molecular weight excluding hydrogens is 488 g/mol. The first-order chi connectivity index (χ1) is 16.9. The summed E-state index contributed by atoms with van der Waals surface area (Å²) in [5.41, 5.74) is 2.37. The van der Waals surface area contributed by atoms with Gasteiger partial charge in [-0.2, -0.15) is 0 Å². The van der Waals surface area contributed by atoms with Gasteiger partial charge in [0.15, 0.2) is 0 Å². The maximum Gasteiger partial charge on any atom is 0.762 e. The summed E-state index contributed by atoms with van der Waals surface area (Å²) in [5, 5.41) is 11.6. The van der Waals surface area contributed by atoms with Crippen molar-refractivity contribution in [2.24, 2.45) is 0 Å². The summed E-state index contributed by atoms with van der Waals surface area (Å²) in [6, 6.07) is -0.0140. The van der Waals surface area contributed by atoms with E-state index >= 15 is 0 Å². The van der Waals surface area contributed by atoms with Crippen LogP contribution in [0.25, 0.3) is 0 Å². The number of carbonyl (C=O) groups excluding carboxylic acids is 2. The van der Waals surface area contributed by atoms with E-state index in [2.05, 4.69) is 11.4 Å². The molecule has 0 aromatic carbocycles. The van der Waals surface area contributed by atoms with Crippen LogP contribution in [-0.4, -0.2) is 73.6 Å². The molecule has 0 aromatic rings. The second-order valence-electron chi connectivity index (χ2n) is 8.83. The van der Waals surface area contributed by atoms with E-state index in [9.17, 15) is 22.5 Å². The van der Waals surface area contributed by atoms with Crippen molar-refractivity contribution in [1.29, 1.82) is 0 Å². The van der Waals surface area contributed by atoms with E-state index in [0.717, 1.165) is 26.1 Å². The van der Waals surface area contributed by atoms with Crippen LogP contribution in [0.1, 0.15) is 87.5 Å². The van der Waals surface area contributed by atoms with Gasteiger partial charge < -0.3 is 24.8 Å². The smallest absolute Gasteiger partial charge is 0.394 e. The molecule has 2 saturated carbocycles. The van der Waals surface area contributed by atoms with E-state index in [1.54, 1.807) is 6.92 Å². The maximum atomic E-state index is 11.9. The molecule has 0 radical (unpaired) electrons. The molecule has 1 heterocycles. The number of amides is 2. The molecule has 2 amide bonds. The van der Waals surface area contributed by atoms with E-state index in [1.165, 1.54) is 24.0 Å². The molecular formula is C26H48BF3N2O5. The van der Waals surface area contributed by atoms with Crippen LogP contribution >= 0.6 is 0 Å². The number of nitrogens with zero attached hydrogens (tertiary/aromatic N) is 1. The molecule has 0 unspecified atom stereocenters. The highest BCUT2D eigenvalue weighted by Crippen LogP contribution is 2.34. The zero-order valence-corrected chi connectivity index (χ0v) is 22.6. The topological polar surface area (TPSA) is 88.1 Å². The van der Waals surface area contributed by atoms with Crippen LogP contribution in [0, 0.1) is 0 Å². The lowest BCUT2D eigenvalue weighted by atomic mass is 10.1. The summed E-state index contributed by atoms with van der Waals surface area (Å²) in [5.74, 6) is 0.173. The predicted molar refractivity (Wildman–Crippen MR) is 143 cm³/mol. The molecule has 1 saturated heterocycles. The van der Waals surface area contributed by atoms with Crippen LogP contribution in [-0.2, 0) is 19.1 Å². The number of aliphatic hydroxyl groups is 1. The van der Waals surface area contributed by atoms with Crippen LogP contribution in [0.5, 0.6) is 0 Å². The monoisotopic (exact) mass is 536 g/mol. The van der Waals surface area contributed by atoms with Crippen LogP contribution in [0.15, 0.2) is 23.3 Å². The minimum absolute atomic E-state index is 0. The van der Waals surface area contributed by atoms with Crippen molar-refractivity contribution >= 4 is 19.4 Å². The van der Waals surface area contributed by atoms with E-state index in [4.69, 9.17) is 14.6 Å². The van der Waals surface area contributed by atoms with E-state index < -0.39 is 13.3 Å². The fraction of sp³-hybridized carbons (Fsp3) is 0.769. The van der Waals surface area contributed by atoms with Gasteiger partial charge >= 0.3 is 7.54 Å². The third kappa shape index (κ3) is 18.1. The molecule has 37 heavy (non-hydrogen) atoms.